The summed E-state index contributed by atoms with van der Waals surface area (Å²) in [6.45, 7) is 2.87. The molecule has 0 saturated heterocycles. The lowest BCUT2D eigenvalue weighted by atomic mass is 10.0. The fraction of sp³-hybridized carbons (Fsp3) is 0.240. The zero-order chi connectivity index (χ0) is 22.9. The van der Waals surface area contributed by atoms with Gasteiger partial charge in [0, 0.05) is 54.6 Å². The molecule has 8 heteroatoms. The summed E-state index contributed by atoms with van der Waals surface area (Å²) in [6.07, 6.45) is 4.03. The highest BCUT2D eigenvalue weighted by molar-refractivity contribution is 6.07. The van der Waals surface area contributed by atoms with Crippen LogP contribution in [0.15, 0.2) is 54.9 Å². The number of fused-ring (bicyclic) bond motifs is 2. The number of nitrogens with zero attached hydrogens (tertiary/aromatic N) is 5. The van der Waals surface area contributed by atoms with Gasteiger partial charge in [0.25, 0.3) is 5.91 Å². The molecule has 4 aromatic rings. The van der Waals surface area contributed by atoms with Crippen LogP contribution in [-0.4, -0.2) is 49.7 Å². The molecule has 1 aromatic carbocycles. The molecule has 0 fully saturated rings. The van der Waals surface area contributed by atoms with Crippen LogP contribution in [-0.2, 0) is 24.8 Å². The van der Waals surface area contributed by atoms with Crippen LogP contribution < -0.4 is 0 Å². The normalized spacial score (nSPS) is 13.1. The van der Waals surface area contributed by atoms with Crippen molar-refractivity contribution in [3.05, 3.63) is 77.4 Å². The predicted molar refractivity (Wildman–Crippen MR) is 123 cm³/mol. The van der Waals surface area contributed by atoms with Gasteiger partial charge in [0.05, 0.1) is 29.9 Å². The van der Waals surface area contributed by atoms with E-state index < -0.39 is 5.97 Å². The number of para-hydroxylation sites is 1. The Labute approximate surface area is 190 Å². The van der Waals surface area contributed by atoms with Gasteiger partial charge in [-0.25, -0.2) is 9.78 Å². The molecule has 0 spiro atoms. The molecule has 0 radical (unpaired) electrons. The molecule has 1 aliphatic rings. The van der Waals surface area contributed by atoms with Crippen molar-refractivity contribution in [2.75, 3.05) is 13.2 Å². The van der Waals surface area contributed by atoms with Gasteiger partial charge in [-0.1, -0.05) is 18.2 Å². The Balaban J connectivity index is 1.55. The lowest BCUT2D eigenvalue weighted by Crippen LogP contribution is -2.37. The number of carbonyl (C=O) groups is 2. The number of hydrogen-bond acceptors (Lipinski definition) is 6. The number of rotatable bonds is 4. The zero-order valence-corrected chi connectivity index (χ0v) is 18.5. The van der Waals surface area contributed by atoms with Gasteiger partial charge in [-0.15, -0.1) is 0 Å². The summed E-state index contributed by atoms with van der Waals surface area (Å²) in [7, 11) is 1.82. The van der Waals surface area contributed by atoms with E-state index in [1.54, 1.807) is 28.9 Å². The largest absolute Gasteiger partial charge is 0.461 e. The van der Waals surface area contributed by atoms with Crippen LogP contribution in [0.5, 0.6) is 0 Å². The summed E-state index contributed by atoms with van der Waals surface area (Å²) < 4.78 is 6.89. The van der Waals surface area contributed by atoms with E-state index in [2.05, 4.69) is 10.1 Å². The van der Waals surface area contributed by atoms with Crippen molar-refractivity contribution in [1.29, 1.82) is 0 Å². The third-order valence-electron chi connectivity index (χ3n) is 5.92. The van der Waals surface area contributed by atoms with Crippen LogP contribution in [0.4, 0.5) is 0 Å². The van der Waals surface area contributed by atoms with Gasteiger partial charge >= 0.3 is 5.97 Å². The lowest BCUT2D eigenvalue weighted by Gasteiger charge is -2.28. The molecule has 4 heterocycles. The lowest BCUT2D eigenvalue weighted by molar-refractivity contribution is 0.0513. The molecule has 0 aliphatic carbocycles. The van der Waals surface area contributed by atoms with Gasteiger partial charge < -0.3 is 9.64 Å². The van der Waals surface area contributed by atoms with E-state index in [9.17, 15) is 9.59 Å². The summed E-state index contributed by atoms with van der Waals surface area (Å²) in [5.41, 5.74) is 4.93. The smallest absolute Gasteiger partial charge is 0.359 e. The van der Waals surface area contributed by atoms with Crippen molar-refractivity contribution >= 4 is 22.8 Å². The van der Waals surface area contributed by atoms with E-state index >= 15 is 0 Å². The molecule has 8 nitrogen and oxygen atoms in total. The van der Waals surface area contributed by atoms with Crippen LogP contribution in [0.1, 0.15) is 39.0 Å². The van der Waals surface area contributed by atoms with Crippen molar-refractivity contribution in [3.63, 3.8) is 0 Å². The number of carbonyl (C=O) groups excluding carboxylic acids is 2. The van der Waals surface area contributed by atoms with Crippen LogP contribution in [0.25, 0.3) is 22.2 Å². The van der Waals surface area contributed by atoms with E-state index in [0.717, 1.165) is 27.7 Å². The number of hydrogen-bond donors (Lipinski definition) is 0. The molecular weight excluding hydrogens is 418 g/mol. The third-order valence-corrected chi connectivity index (χ3v) is 5.92. The number of aryl methyl sites for hydroxylation is 1. The molecule has 0 saturated carbocycles. The second kappa shape index (κ2) is 8.46. The number of ether oxygens (including phenoxy) is 1. The zero-order valence-electron chi connectivity index (χ0n) is 18.5. The first-order valence-electron chi connectivity index (χ1n) is 10.9. The second-order valence-corrected chi connectivity index (χ2v) is 7.90. The molecule has 3 aromatic heterocycles. The highest BCUT2D eigenvalue weighted by Crippen LogP contribution is 2.28. The minimum Gasteiger partial charge on any atom is -0.461 e. The standard InChI is InChI=1S/C25H23N5O3/c1-3-33-25(32)23-19-15-30(13-10-22(19)29(2)28-23)24(31)18-14-21(16-8-11-26-12-9-16)27-20-7-5-4-6-17(18)20/h4-9,11-12,14H,3,10,13,15H2,1-2H3. The Morgan fingerprint density at radius 3 is 2.70 bits per heavy atom. The predicted octanol–water partition coefficient (Wildman–Crippen LogP) is 3.41. The summed E-state index contributed by atoms with van der Waals surface area (Å²) >= 11 is 0. The number of pyridine rings is 2. The Kier molecular flexibility index (Phi) is 5.34. The molecule has 0 bridgehead atoms. The monoisotopic (exact) mass is 441 g/mol. The molecule has 0 N–H and O–H groups in total. The summed E-state index contributed by atoms with van der Waals surface area (Å²) in [5.74, 6) is -0.564. The molecule has 5 rings (SSSR count). The van der Waals surface area contributed by atoms with Crippen LogP contribution >= 0.6 is 0 Å². The first-order chi connectivity index (χ1) is 16.1. The number of aromatic nitrogens is 4. The van der Waals surface area contributed by atoms with E-state index in [0.29, 0.717) is 30.8 Å². The summed E-state index contributed by atoms with van der Waals surface area (Å²) in [5, 5.41) is 5.16. The fourth-order valence-electron chi connectivity index (χ4n) is 4.32. The Morgan fingerprint density at radius 2 is 1.91 bits per heavy atom. The first-order valence-corrected chi connectivity index (χ1v) is 10.9. The van der Waals surface area contributed by atoms with Crippen molar-refractivity contribution < 1.29 is 14.3 Å². The van der Waals surface area contributed by atoms with E-state index in [-0.39, 0.29) is 18.2 Å². The molecular formula is C25H23N5O3. The van der Waals surface area contributed by atoms with E-state index in [1.807, 2.05) is 49.5 Å². The van der Waals surface area contributed by atoms with Crippen molar-refractivity contribution in [1.82, 2.24) is 24.6 Å². The highest BCUT2D eigenvalue weighted by Gasteiger charge is 2.31. The molecule has 0 unspecified atom stereocenters. The molecule has 0 atom stereocenters. The van der Waals surface area contributed by atoms with Gasteiger partial charge in [0.1, 0.15) is 0 Å². The van der Waals surface area contributed by atoms with Gasteiger partial charge in [0.2, 0.25) is 0 Å². The second-order valence-electron chi connectivity index (χ2n) is 7.90. The number of amides is 1. The average molecular weight is 441 g/mol. The molecule has 33 heavy (non-hydrogen) atoms. The molecule has 1 aliphatic heterocycles. The maximum atomic E-state index is 13.8. The summed E-state index contributed by atoms with van der Waals surface area (Å²) in [6, 6.07) is 13.2. The maximum Gasteiger partial charge on any atom is 0.359 e. The Hall–Kier alpha value is -4.07. The Morgan fingerprint density at radius 1 is 1.12 bits per heavy atom. The molecule has 166 valence electrons. The van der Waals surface area contributed by atoms with Crippen LogP contribution in [0.2, 0.25) is 0 Å². The van der Waals surface area contributed by atoms with Crippen molar-refractivity contribution in [2.24, 2.45) is 7.05 Å². The fourth-order valence-corrected chi connectivity index (χ4v) is 4.32. The minimum absolute atomic E-state index is 0.104. The minimum atomic E-state index is -0.460. The van der Waals surface area contributed by atoms with Gasteiger partial charge in [0.15, 0.2) is 5.69 Å². The quantitative estimate of drug-likeness (QED) is 0.451. The number of esters is 1. The first kappa shape index (κ1) is 20.8. The topological polar surface area (TPSA) is 90.2 Å². The summed E-state index contributed by atoms with van der Waals surface area (Å²) in [4.78, 5) is 36.8. The number of benzene rings is 1. The van der Waals surface area contributed by atoms with Crippen molar-refractivity contribution in [2.45, 2.75) is 19.9 Å². The third kappa shape index (κ3) is 3.73. The van der Waals surface area contributed by atoms with E-state index in [4.69, 9.17) is 9.72 Å². The average Bonchev–Trinajstić information content (AvgIpc) is 3.19. The maximum absolute atomic E-state index is 13.8. The van der Waals surface area contributed by atoms with Gasteiger partial charge in [-0.05, 0) is 31.2 Å². The Bertz CT molecular complexity index is 1360. The van der Waals surface area contributed by atoms with Gasteiger partial charge in [-0.3, -0.25) is 14.5 Å². The SMILES string of the molecule is CCOC(=O)c1nn(C)c2c1CN(C(=O)c1cc(-c3ccncc3)nc3ccccc13)CC2. The van der Waals surface area contributed by atoms with E-state index in [1.165, 1.54) is 0 Å². The van der Waals surface area contributed by atoms with Gasteiger partial charge in [-0.2, -0.15) is 5.10 Å². The van der Waals surface area contributed by atoms with Crippen LogP contribution in [0.3, 0.4) is 0 Å². The van der Waals surface area contributed by atoms with Crippen molar-refractivity contribution in [3.8, 4) is 11.3 Å². The molecule has 1 amide bonds. The highest BCUT2D eigenvalue weighted by atomic mass is 16.5. The van der Waals surface area contributed by atoms with Crippen LogP contribution in [0, 0.1) is 0 Å².